The van der Waals surface area contributed by atoms with Gasteiger partial charge in [-0.05, 0) is 36.6 Å². The lowest BCUT2D eigenvalue weighted by atomic mass is 10.1. The second-order valence-corrected chi connectivity index (χ2v) is 4.75. The van der Waals surface area contributed by atoms with Gasteiger partial charge in [0.2, 0.25) is 0 Å². The summed E-state index contributed by atoms with van der Waals surface area (Å²) in [7, 11) is 0. The lowest BCUT2D eigenvalue weighted by Gasteiger charge is -2.08. The van der Waals surface area contributed by atoms with Crippen LogP contribution in [-0.2, 0) is 11.2 Å². The van der Waals surface area contributed by atoms with E-state index >= 15 is 0 Å². The van der Waals surface area contributed by atoms with Crippen molar-refractivity contribution >= 4 is 0 Å². The Balaban J connectivity index is 2.10. The van der Waals surface area contributed by atoms with Crippen molar-refractivity contribution in [3.63, 3.8) is 0 Å². The van der Waals surface area contributed by atoms with Gasteiger partial charge in [0.25, 0.3) is 0 Å². The largest absolute Gasteiger partial charge is 0.380 e. The van der Waals surface area contributed by atoms with Crippen LogP contribution in [0.4, 0.5) is 8.78 Å². The van der Waals surface area contributed by atoms with Crippen molar-refractivity contribution in [2.45, 2.75) is 20.3 Å². The van der Waals surface area contributed by atoms with Gasteiger partial charge in [-0.2, -0.15) is 0 Å². The SMILES string of the molecule is CC(C)COCCNCCc1cc(F)cc(F)c1. The van der Waals surface area contributed by atoms with E-state index in [9.17, 15) is 8.78 Å². The number of ether oxygens (including phenoxy) is 1. The Morgan fingerprint density at radius 2 is 1.78 bits per heavy atom. The molecule has 102 valence electrons. The molecule has 1 rings (SSSR count). The van der Waals surface area contributed by atoms with Crippen LogP contribution in [0.1, 0.15) is 19.4 Å². The van der Waals surface area contributed by atoms with Crippen LogP contribution in [0.3, 0.4) is 0 Å². The highest BCUT2D eigenvalue weighted by molar-refractivity contribution is 5.18. The minimum Gasteiger partial charge on any atom is -0.380 e. The first-order chi connectivity index (χ1) is 8.58. The van der Waals surface area contributed by atoms with Crippen LogP contribution in [0, 0.1) is 17.6 Å². The van der Waals surface area contributed by atoms with Crippen molar-refractivity contribution in [3.8, 4) is 0 Å². The molecular formula is C14H21F2NO. The minimum absolute atomic E-state index is 0.523. The average molecular weight is 257 g/mol. The van der Waals surface area contributed by atoms with Gasteiger partial charge in [-0.3, -0.25) is 0 Å². The third-order valence-corrected chi connectivity index (χ3v) is 2.39. The Morgan fingerprint density at radius 1 is 1.11 bits per heavy atom. The number of rotatable bonds is 8. The molecule has 0 unspecified atom stereocenters. The Hall–Kier alpha value is -1.00. The van der Waals surface area contributed by atoms with E-state index in [4.69, 9.17) is 4.74 Å². The topological polar surface area (TPSA) is 21.3 Å². The summed E-state index contributed by atoms with van der Waals surface area (Å²) in [4.78, 5) is 0. The number of nitrogens with one attached hydrogen (secondary N) is 1. The first kappa shape index (κ1) is 15.1. The first-order valence-electron chi connectivity index (χ1n) is 6.31. The molecule has 0 saturated carbocycles. The molecule has 0 saturated heterocycles. The van der Waals surface area contributed by atoms with Crippen molar-refractivity contribution in [1.29, 1.82) is 0 Å². The fourth-order valence-corrected chi connectivity index (χ4v) is 1.58. The summed E-state index contributed by atoms with van der Waals surface area (Å²) in [6, 6.07) is 3.61. The van der Waals surface area contributed by atoms with Gasteiger partial charge in [0.05, 0.1) is 6.61 Å². The molecule has 0 fully saturated rings. The summed E-state index contributed by atoms with van der Waals surface area (Å²) in [5, 5.41) is 3.18. The molecule has 0 aliphatic heterocycles. The summed E-state index contributed by atoms with van der Waals surface area (Å²) < 4.78 is 31.2. The van der Waals surface area contributed by atoms with E-state index in [0.29, 0.717) is 31.1 Å². The Bertz CT molecular complexity index is 335. The van der Waals surface area contributed by atoms with Crippen LogP contribution < -0.4 is 5.32 Å². The fourth-order valence-electron chi connectivity index (χ4n) is 1.58. The van der Waals surface area contributed by atoms with Crippen LogP contribution in [0.5, 0.6) is 0 Å². The molecule has 0 heterocycles. The molecular weight excluding hydrogens is 236 g/mol. The molecule has 18 heavy (non-hydrogen) atoms. The molecule has 1 N–H and O–H groups in total. The normalized spacial score (nSPS) is 11.2. The molecule has 0 atom stereocenters. The summed E-state index contributed by atoms with van der Waals surface area (Å²) in [6.07, 6.45) is 0.610. The second-order valence-electron chi connectivity index (χ2n) is 4.75. The molecule has 1 aromatic rings. The summed E-state index contributed by atoms with van der Waals surface area (Å²) in [5.74, 6) is -0.504. The van der Waals surface area contributed by atoms with Crippen LogP contribution in [0.15, 0.2) is 18.2 Å². The number of halogens is 2. The Kier molecular flexibility index (Phi) is 6.83. The number of hydrogen-bond donors (Lipinski definition) is 1. The molecule has 0 spiro atoms. The van der Waals surface area contributed by atoms with Crippen molar-refractivity contribution in [3.05, 3.63) is 35.4 Å². The molecule has 0 bridgehead atoms. The zero-order chi connectivity index (χ0) is 13.4. The molecule has 1 aromatic carbocycles. The van der Waals surface area contributed by atoms with Gasteiger partial charge >= 0.3 is 0 Å². The van der Waals surface area contributed by atoms with E-state index in [-0.39, 0.29) is 0 Å². The first-order valence-corrected chi connectivity index (χ1v) is 6.31. The minimum atomic E-state index is -0.523. The molecule has 0 radical (unpaired) electrons. The van der Waals surface area contributed by atoms with E-state index in [2.05, 4.69) is 19.2 Å². The highest BCUT2D eigenvalue weighted by Gasteiger charge is 2.00. The van der Waals surface area contributed by atoms with Gasteiger partial charge < -0.3 is 10.1 Å². The maximum atomic E-state index is 12.9. The third-order valence-electron chi connectivity index (χ3n) is 2.39. The van der Waals surface area contributed by atoms with Crippen molar-refractivity contribution in [2.24, 2.45) is 5.92 Å². The monoisotopic (exact) mass is 257 g/mol. The molecule has 4 heteroatoms. The zero-order valence-corrected chi connectivity index (χ0v) is 11.0. The molecule has 0 aromatic heterocycles. The highest BCUT2D eigenvalue weighted by atomic mass is 19.1. The lowest BCUT2D eigenvalue weighted by molar-refractivity contribution is 0.112. The zero-order valence-electron chi connectivity index (χ0n) is 11.0. The predicted molar refractivity (Wildman–Crippen MR) is 68.6 cm³/mol. The fraction of sp³-hybridized carbons (Fsp3) is 0.571. The average Bonchev–Trinajstić information content (AvgIpc) is 2.26. The van der Waals surface area contributed by atoms with E-state index in [1.54, 1.807) is 0 Å². The molecule has 2 nitrogen and oxygen atoms in total. The van der Waals surface area contributed by atoms with E-state index < -0.39 is 11.6 Å². The van der Waals surface area contributed by atoms with Crippen molar-refractivity contribution in [2.75, 3.05) is 26.3 Å². The number of hydrogen-bond acceptors (Lipinski definition) is 2. The standard InChI is InChI=1S/C14H21F2NO/c1-11(2)10-18-6-5-17-4-3-12-7-13(15)9-14(16)8-12/h7-9,11,17H,3-6,10H2,1-2H3. The second kappa shape index (κ2) is 8.16. The lowest BCUT2D eigenvalue weighted by Crippen LogP contribution is -2.23. The number of benzene rings is 1. The van der Waals surface area contributed by atoms with Gasteiger partial charge in [0, 0.05) is 19.2 Å². The highest BCUT2D eigenvalue weighted by Crippen LogP contribution is 2.07. The van der Waals surface area contributed by atoms with Crippen molar-refractivity contribution in [1.82, 2.24) is 5.32 Å². The van der Waals surface area contributed by atoms with Gasteiger partial charge in [-0.1, -0.05) is 13.8 Å². The van der Waals surface area contributed by atoms with Gasteiger partial charge in [-0.25, -0.2) is 8.78 Å². The maximum absolute atomic E-state index is 12.9. The van der Waals surface area contributed by atoms with E-state index in [0.717, 1.165) is 19.2 Å². The third kappa shape index (κ3) is 6.67. The Labute approximate surface area is 107 Å². The van der Waals surface area contributed by atoms with E-state index in [1.165, 1.54) is 12.1 Å². The maximum Gasteiger partial charge on any atom is 0.126 e. The predicted octanol–water partition coefficient (Wildman–Crippen LogP) is 2.77. The summed E-state index contributed by atoms with van der Waals surface area (Å²) in [5.41, 5.74) is 0.670. The smallest absolute Gasteiger partial charge is 0.126 e. The van der Waals surface area contributed by atoms with Gasteiger partial charge in [-0.15, -0.1) is 0 Å². The van der Waals surface area contributed by atoms with E-state index in [1.807, 2.05) is 0 Å². The Morgan fingerprint density at radius 3 is 2.39 bits per heavy atom. The van der Waals surface area contributed by atoms with Crippen LogP contribution in [0.2, 0.25) is 0 Å². The summed E-state index contributed by atoms with van der Waals surface area (Å²) >= 11 is 0. The van der Waals surface area contributed by atoms with Crippen LogP contribution in [0.25, 0.3) is 0 Å². The van der Waals surface area contributed by atoms with Gasteiger partial charge in [0.1, 0.15) is 11.6 Å². The molecule has 0 aliphatic carbocycles. The molecule has 0 aliphatic rings. The van der Waals surface area contributed by atoms with Gasteiger partial charge in [0.15, 0.2) is 0 Å². The van der Waals surface area contributed by atoms with Crippen LogP contribution in [-0.4, -0.2) is 26.3 Å². The van der Waals surface area contributed by atoms with Crippen LogP contribution >= 0.6 is 0 Å². The summed E-state index contributed by atoms with van der Waals surface area (Å²) in [6.45, 7) is 7.07. The van der Waals surface area contributed by atoms with Crippen molar-refractivity contribution < 1.29 is 13.5 Å². The molecule has 0 amide bonds. The quantitative estimate of drug-likeness (QED) is 0.723.